The van der Waals surface area contributed by atoms with E-state index in [1.165, 1.54) is 0 Å². The Morgan fingerprint density at radius 1 is 1.27 bits per heavy atom. The minimum atomic E-state index is -0.452. The van der Waals surface area contributed by atoms with Gasteiger partial charge < -0.3 is 14.7 Å². The van der Waals surface area contributed by atoms with Crippen molar-refractivity contribution in [3.05, 3.63) is 53.9 Å². The largest absolute Gasteiger partial charge is 0.390 e. The molecule has 1 N–H and O–H groups in total. The second kappa shape index (κ2) is 7.21. The lowest BCUT2D eigenvalue weighted by Crippen LogP contribution is -2.56. The van der Waals surface area contributed by atoms with E-state index in [4.69, 9.17) is 4.74 Å². The zero-order chi connectivity index (χ0) is 18.0. The second-order valence-corrected chi connectivity index (χ2v) is 7.28. The Labute approximate surface area is 153 Å². The van der Waals surface area contributed by atoms with Gasteiger partial charge in [0.15, 0.2) is 0 Å². The number of piperidine rings is 1. The lowest BCUT2D eigenvalue weighted by molar-refractivity contribution is -0.174. The molecule has 138 valence electrons. The van der Waals surface area contributed by atoms with Crippen LogP contribution in [0, 0.1) is 0 Å². The Morgan fingerprint density at radius 2 is 2.04 bits per heavy atom. The van der Waals surface area contributed by atoms with Crippen LogP contribution in [0.25, 0.3) is 0 Å². The maximum Gasteiger partial charge on any atom is 0.257 e. The van der Waals surface area contributed by atoms with Gasteiger partial charge in [-0.15, -0.1) is 0 Å². The Balaban J connectivity index is 1.38. The summed E-state index contributed by atoms with van der Waals surface area (Å²) in [5.41, 5.74) is 1.31. The summed E-state index contributed by atoms with van der Waals surface area (Å²) in [6.45, 7) is 2.58. The zero-order valence-electron chi connectivity index (χ0n) is 14.9. The van der Waals surface area contributed by atoms with Crippen LogP contribution in [0.1, 0.15) is 41.6 Å². The van der Waals surface area contributed by atoms with Crippen molar-refractivity contribution in [1.82, 2.24) is 14.7 Å². The van der Waals surface area contributed by atoms with Crippen LogP contribution < -0.4 is 0 Å². The predicted octanol–water partition coefficient (Wildman–Crippen LogP) is 2.08. The number of hydrogen-bond acceptors (Lipinski definition) is 4. The molecule has 6 heteroatoms. The highest BCUT2D eigenvalue weighted by Crippen LogP contribution is 2.35. The highest BCUT2D eigenvalue weighted by molar-refractivity contribution is 5.93. The molecule has 0 aliphatic carbocycles. The Hall–Kier alpha value is -2.18. The Morgan fingerprint density at radius 3 is 2.77 bits per heavy atom. The van der Waals surface area contributed by atoms with Gasteiger partial charge in [-0.2, -0.15) is 5.10 Å². The number of aliphatic hydroxyl groups excluding tert-OH is 1. The van der Waals surface area contributed by atoms with Crippen molar-refractivity contribution in [1.29, 1.82) is 0 Å². The molecule has 0 radical (unpaired) electrons. The molecular formula is C20H25N3O3. The summed E-state index contributed by atoms with van der Waals surface area (Å²) >= 11 is 0. The van der Waals surface area contributed by atoms with E-state index in [0.29, 0.717) is 44.6 Å². The first-order valence-corrected chi connectivity index (χ1v) is 9.34. The van der Waals surface area contributed by atoms with Crippen molar-refractivity contribution in [3.8, 4) is 0 Å². The number of nitrogens with zero attached hydrogens (tertiary/aromatic N) is 3. The Bertz CT molecular complexity index is 751. The normalized spacial score (nSPS) is 22.5. The minimum absolute atomic E-state index is 0.00413. The van der Waals surface area contributed by atoms with Crippen LogP contribution in [0.3, 0.4) is 0 Å². The van der Waals surface area contributed by atoms with E-state index in [1.54, 1.807) is 10.9 Å². The molecule has 2 aliphatic heterocycles. The monoisotopic (exact) mass is 355 g/mol. The van der Waals surface area contributed by atoms with Gasteiger partial charge in [0.05, 0.1) is 30.0 Å². The van der Waals surface area contributed by atoms with E-state index in [9.17, 15) is 9.90 Å². The number of rotatable bonds is 3. The molecule has 2 saturated heterocycles. The van der Waals surface area contributed by atoms with Crippen molar-refractivity contribution in [2.75, 3.05) is 19.7 Å². The third-order valence-electron chi connectivity index (χ3n) is 5.58. The van der Waals surface area contributed by atoms with Gasteiger partial charge in [-0.25, -0.2) is 0 Å². The summed E-state index contributed by atoms with van der Waals surface area (Å²) < 4.78 is 7.71. The lowest BCUT2D eigenvalue weighted by atomic mass is 9.82. The molecule has 1 aromatic heterocycles. The topological polar surface area (TPSA) is 67.6 Å². The first kappa shape index (κ1) is 17.2. The quantitative estimate of drug-likeness (QED) is 0.915. The van der Waals surface area contributed by atoms with Crippen LogP contribution in [0.15, 0.2) is 42.7 Å². The van der Waals surface area contributed by atoms with Gasteiger partial charge in [0.1, 0.15) is 0 Å². The highest BCUT2D eigenvalue weighted by Gasteiger charge is 2.44. The molecule has 1 atom stereocenters. The summed E-state index contributed by atoms with van der Waals surface area (Å²) in [6.07, 6.45) is 6.12. The summed E-state index contributed by atoms with van der Waals surface area (Å²) in [6, 6.07) is 10.1. The molecule has 2 fully saturated rings. The molecule has 2 aromatic rings. The van der Waals surface area contributed by atoms with Crippen LogP contribution in [0.5, 0.6) is 0 Å². The summed E-state index contributed by atoms with van der Waals surface area (Å²) in [4.78, 5) is 14.6. The first-order chi connectivity index (χ1) is 12.7. The molecule has 1 aromatic carbocycles. The van der Waals surface area contributed by atoms with Crippen molar-refractivity contribution in [3.63, 3.8) is 0 Å². The van der Waals surface area contributed by atoms with Gasteiger partial charge in [-0.1, -0.05) is 30.3 Å². The standard InChI is InChI=1S/C20H25N3O3/c24-18-7-4-12-26-20(18)8-10-22(11-9-20)19(25)17-13-21-23(15-17)14-16-5-2-1-3-6-16/h1-3,5-6,13,15,18,24H,4,7-12,14H2/t18-/m0/s1. The van der Waals surface area contributed by atoms with E-state index >= 15 is 0 Å². The summed E-state index contributed by atoms with van der Waals surface area (Å²) in [5, 5.41) is 14.7. The fraction of sp³-hybridized carbons (Fsp3) is 0.500. The van der Waals surface area contributed by atoms with Crippen molar-refractivity contribution >= 4 is 5.91 Å². The molecule has 3 heterocycles. The number of benzene rings is 1. The highest BCUT2D eigenvalue weighted by atomic mass is 16.5. The van der Waals surface area contributed by atoms with Gasteiger partial charge in [0, 0.05) is 25.9 Å². The molecule has 26 heavy (non-hydrogen) atoms. The van der Waals surface area contributed by atoms with Gasteiger partial charge in [-0.3, -0.25) is 9.48 Å². The molecule has 4 rings (SSSR count). The Kier molecular flexibility index (Phi) is 4.78. The van der Waals surface area contributed by atoms with E-state index in [2.05, 4.69) is 5.10 Å². The van der Waals surface area contributed by atoms with Crippen LogP contribution in [0.2, 0.25) is 0 Å². The number of hydrogen-bond donors (Lipinski definition) is 1. The van der Waals surface area contributed by atoms with Crippen molar-refractivity contribution in [2.24, 2.45) is 0 Å². The number of aromatic nitrogens is 2. The fourth-order valence-electron chi connectivity index (χ4n) is 3.99. The van der Waals surface area contributed by atoms with Gasteiger partial charge >= 0.3 is 0 Å². The third kappa shape index (κ3) is 3.39. The maximum atomic E-state index is 12.8. The van der Waals surface area contributed by atoms with E-state index in [-0.39, 0.29) is 5.91 Å². The van der Waals surface area contributed by atoms with Crippen LogP contribution >= 0.6 is 0 Å². The van der Waals surface area contributed by atoms with Gasteiger partial charge in [0.2, 0.25) is 0 Å². The van der Waals surface area contributed by atoms with Crippen LogP contribution in [0.4, 0.5) is 0 Å². The molecule has 0 unspecified atom stereocenters. The lowest BCUT2D eigenvalue weighted by Gasteiger charge is -2.46. The first-order valence-electron chi connectivity index (χ1n) is 9.34. The smallest absolute Gasteiger partial charge is 0.257 e. The summed E-state index contributed by atoms with van der Waals surface area (Å²) in [5.74, 6) is 0.00413. The van der Waals surface area contributed by atoms with Gasteiger partial charge in [0.25, 0.3) is 5.91 Å². The second-order valence-electron chi connectivity index (χ2n) is 7.28. The molecule has 1 amide bonds. The van der Waals surface area contributed by atoms with Gasteiger partial charge in [-0.05, 0) is 31.2 Å². The molecule has 2 aliphatic rings. The van der Waals surface area contributed by atoms with Crippen LogP contribution in [-0.4, -0.2) is 57.1 Å². The predicted molar refractivity (Wildman–Crippen MR) is 96.8 cm³/mol. The van der Waals surface area contributed by atoms with Crippen molar-refractivity contribution < 1.29 is 14.6 Å². The molecule has 0 bridgehead atoms. The maximum absolute atomic E-state index is 12.8. The number of carbonyl (C=O) groups is 1. The van der Waals surface area contributed by atoms with Crippen molar-refractivity contribution in [2.45, 2.75) is 43.9 Å². The van der Waals surface area contributed by atoms with Crippen LogP contribution in [-0.2, 0) is 11.3 Å². The number of ether oxygens (including phenoxy) is 1. The number of likely N-dealkylation sites (tertiary alicyclic amines) is 1. The number of amides is 1. The van der Waals surface area contributed by atoms with E-state index in [1.807, 2.05) is 41.4 Å². The molecule has 1 spiro atoms. The average Bonchev–Trinajstić information content (AvgIpc) is 3.14. The fourth-order valence-corrected chi connectivity index (χ4v) is 3.99. The van der Waals surface area contributed by atoms with E-state index < -0.39 is 11.7 Å². The SMILES string of the molecule is O=C(c1cnn(Cc2ccccc2)c1)N1CCC2(CC1)OCCC[C@@H]2O. The molecular weight excluding hydrogens is 330 g/mol. The summed E-state index contributed by atoms with van der Waals surface area (Å²) in [7, 11) is 0. The number of carbonyl (C=O) groups excluding carboxylic acids is 1. The number of aliphatic hydroxyl groups is 1. The average molecular weight is 355 g/mol. The molecule has 0 saturated carbocycles. The van der Waals surface area contributed by atoms with E-state index in [0.717, 1.165) is 18.4 Å². The zero-order valence-corrected chi connectivity index (χ0v) is 14.9. The minimum Gasteiger partial charge on any atom is -0.390 e. The third-order valence-corrected chi connectivity index (χ3v) is 5.58. The molecule has 6 nitrogen and oxygen atoms in total.